The molecule has 12 heavy (non-hydrogen) atoms. The minimum atomic E-state index is -0.00954. The second-order valence-electron chi connectivity index (χ2n) is 3.37. The largest absolute Gasteiger partial charge is 0.294 e. The van der Waals surface area contributed by atoms with Crippen LogP contribution < -0.4 is 0 Å². The van der Waals surface area contributed by atoms with Gasteiger partial charge < -0.3 is 0 Å². The third-order valence-electron chi connectivity index (χ3n) is 2.52. The first-order valence-corrected chi connectivity index (χ1v) is 3.98. The third-order valence-corrected chi connectivity index (χ3v) is 2.52. The van der Waals surface area contributed by atoms with Gasteiger partial charge in [-0.15, -0.1) is 0 Å². The highest BCUT2D eigenvalue weighted by atomic mass is 16.2. The number of carbonyl (C=O) groups is 2. The Hall–Kier alpha value is -1.44. The smallest absolute Gasteiger partial charge is 0.171 e. The Kier molecular flexibility index (Phi) is 0.845. The van der Waals surface area contributed by atoms with Gasteiger partial charge in [-0.05, 0) is 29.7 Å². The molecule has 2 aliphatic carbocycles. The molecule has 0 aliphatic heterocycles. The fourth-order valence-electron chi connectivity index (χ4n) is 1.75. The zero-order chi connectivity index (χ0) is 8.29. The molecule has 58 valence electrons. The van der Waals surface area contributed by atoms with E-state index < -0.39 is 0 Å². The number of fused-ring (bicyclic) bond motifs is 2. The van der Waals surface area contributed by atoms with Gasteiger partial charge in [-0.3, -0.25) is 9.59 Å². The van der Waals surface area contributed by atoms with Crippen LogP contribution in [0.3, 0.4) is 0 Å². The lowest BCUT2D eigenvalue weighted by Crippen LogP contribution is -1.91. The molecule has 0 N–H and O–H groups in total. The van der Waals surface area contributed by atoms with Crippen molar-refractivity contribution in [3.8, 4) is 0 Å². The van der Waals surface area contributed by atoms with Crippen molar-refractivity contribution in [1.29, 1.82) is 0 Å². The van der Waals surface area contributed by atoms with Crippen molar-refractivity contribution in [3.05, 3.63) is 34.4 Å². The Morgan fingerprint density at radius 2 is 1.33 bits per heavy atom. The molecular weight excluding hydrogens is 152 g/mol. The Bertz CT molecular complexity index is 391. The Labute approximate surface area is 69.2 Å². The predicted molar refractivity (Wildman–Crippen MR) is 42.5 cm³/mol. The van der Waals surface area contributed by atoms with Gasteiger partial charge in [0.2, 0.25) is 0 Å². The van der Waals surface area contributed by atoms with E-state index in [1.807, 2.05) is 12.1 Å². The maximum Gasteiger partial charge on any atom is 0.171 e. The van der Waals surface area contributed by atoms with Crippen LogP contribution in [0.25, 0.3) is 0 Å². The van der Waals surface area contributed by atoms with Crippen LogP contribution >= 0.6 is 0 Å². The maximum atomic E-state index is 11.2. The van der Waals surface area contributed by atoms with Crippen LogP contribution in [-0.2, 0) is 6.42 Å². The summed E-state index contributed by atoms with van der Waals surface area (Å²) in [6, 6.07) is 3.75. The molecule has 0 spiro atoms. The van der Waals surface area contributed by atoms with Gasteiger partial charge in [0.15, 0.2) is 11.6 Å². The van der Waals surface area contributed by atoms with E-state index in [0.717, 1.165) is 6.42 Å². The van der Waals surface area contributed by atoms with Gasteiger partial charge in [0, 0.05) is 11.1 Å². The Morgan fingerprint density at radius 3 is 1.83 bits per heavy atom. The van der Waals surface area contributed by atoms with E-state index >= 15 is 0 Å². The molecule has 1 aromatic carbocycles. The molecule has 0 amide bonds. The van der Waals surface area contributed by atoms with Crippen molar-refractivity contribution in [2.75, 3.05) is 0 Å². The molecule has 2 nitrogen and oxygen atoms in total. The van der Waals surface area contributed by atoms with Crippen LogP contribution in [-0.4, -0.2) is 11.6 Å². The van der Waals surface area contributed by atoms with E-state index in [0.29, 0.717) is 11.1 Å². The number of hydrogen-bond acceptors (Lipinski definition) is 2. The molecule has 0 aromatic heterocycles. The summed E-state index contributed by atoms with van der Waals surface area (Å²) >= 11 is 0. The molecule has 0 unspecified atom stereocenters. The molecule has 2 heteroatoms. The van der Waals surface area contributed by atoms with Crippen LogP contribution in [0.4, 0.5) is 0 Å². The Balaban J connectivity index is 2.34. The highest BCUT2D eigenvalue weighted by Gasteiger charge is 2.31. The summed E-state index contributed by atoms with van der Waals surface area (Å²) in [7, 11) is 0. The van der Waals surface area contributed by atoms with Gasteiger partial charge in [0.1, 0.15) is 0 Å². The van der Waals surface area contributed by atoms with E-state index in [9.17, 15) is 9.59 Å². The maximum absolute atomic E-state index is 11.2. The summed E-state index contributed by atoms with van der Waals surface area (Å²) in [6.45, 7) is 0. The molecule has 0 saturated heterocycles. The van der Waals surface area contributed by atoms with Crippen LogP contribution in [0, 0.1) is 0 Å². The normalized spacial score (nSPS) is 17.7. The average Bonchev–Trinajstić information content (AvgIpc) is 2.73. The molecule has 0 heterocycles. The summed E-state index contributed by atoms with van der Waals surface area (Å²) < 4.78 is 0. The first-order valence-electron chi connectivity index (χ1n) is 3.98. The van der Waals surface area contributed by atoms with Crippen molar-refractivity contribution < 1.29 is 9.59 Å². The summed E-state index contributed by atoms with van der Waals surface area (Å²) in [5, 5.41) is 0. The fraction of sp³-hybridized carbons (Fsp3) is 0.200. The minimum Gasteiger partial charge on any atom is -0.294 e. The Morgan fingerprint density at radius 1 is 0.833 bits per heavy atom. The van der Waals surface area contributed by atoms with E-state index in [4.69, 9.17) is 0 Å². The van der Waals surface area contributed by atoms with Crippen molar-refractivity contribution in [2.24, 2.45) is 0 Å². The zero-order valence-electron chi connectivity index (χ0n) is 6.39. The quantitative estimate of drug-likeness (QED) is 0.542. The lowest BCUT2D eigenvalue weighted by atomic mass is 10.1. The molecule has 1 aromatic rings. The number of benzene rings is 1. The van der Waals surface area contributed by atoms with E-state index in [-0.39, 0.29) is 18.0 Å². The topological polar surface area (TPSA) is 34.1 Å². The predicted octanol–water partition coefficient (Wildman–Crippen LogP) is 1.36. The first-order chi connectivity index (χ1) is 5.75. The molecule has 0 atom stereocenters. The molecule has 3 rings (SSSR count). The van der Waals surface area contributed by atoms with E-state index in [1.165, 1.54) is 11.1 Å². The van der Waals surface area contributed by atoms with E-state index in [2.05, 4.69) is 0 Å². The molecule has 0 fully saturated rings. The van der Waals surface area contributed by atoms with Crippen LogP contribution in [0.5, 0.6) is 0 Å². The SMILES string of the molecule is O=C1CC(=O)c2cc3c(cc21)C3. The molecule has 0 bridgehead atoms. The van der Waals surface area contributed by atoms with Crippen molar-refractivity contribution in [2.45, 2.75) is 12.8 Å². The highest BCUT2D eigenvalue weighted by molar-refractivity contribution is 6.24. The zero-order valence-corrected chi connectivity index (χ0v) is 6.39. The van der Waals surface area contributed by atoms with Gasteiger partial charge >= 0.3 is 0 Å². The summed E-state index contributed by atoms with van der Waals surface area (Å²) in [5.74, 6) is -0.0191. The van der Waals surface area contributed by atoms with Gasteiger partial charge in [-0.2, -0.15) is 0 Å². The number of Topliss-reactive ketones (excluding diaryl/α,β-unsaturated/α-hetero) is 2. The van der Waals surface area contributed by atoms with Crippen LogP contribution in [0.2, 0.25) is 0 Å². The average molecular weight is 158 g/mol. The minimum absolute atomic E-state index is 0.00954. The molecule has 2 aliphatic rings. The van der Waals surface area contributed by atoms with Crippen molar-refractivity contribution in [3.63, 3.8) is 0 Å². The second kappa shape index (κ2) is 1.66. The van der Waals surface area contributed by atoms with Crippen molar-refractivity contribution in [1.82, 2.24) is 0 Å². The summed E-state index contributed by atoms with van der Waals surface area (Å²) in [6.07, 6.45) is 1.05. The lowest BCUT2D eigenvalue weighted by Gasteiger charge is -1.90. The number of rotatable bonds is 0. The van der Waals surface area contributed by atoms with Gasteiger partial charge in [-0.1, -0.05) is 0 Å². The first kappa shape index (κ1) is 6.12. The second-order valence-corrected chi connectivity index (χ2v) is 3.37. The van der Waals surface area contributed by atoms with Gasteiger partial charge in [0.25, 0.3) is 0 Å². The number of hydrogen-bond donors (Lipinski definition) is 0. The molecular formula is C10H6O2. The lowest BCUT2D eigenvalue weighted by molar-refractivity contribution is 0.0923. The van der Waals surface area contributed by atoms with E-state index in [1.54, 1.807) is 0 Å². The van der Waals surface area contributed by atoms with Gasteiger partial charge in [0.05, 0.1) is 6.42 Å². The number of carbonyl (C=O) groups excluding carboxylic acids is 2. The number of ketones is 2. The highest BCUT2D eigenvalue weighted by Crippen LogP contribution is 2.34. The monoisotopic (exact) mass is 158 g/mol. The standard InChI is InChI=1S/C10H6O2/c11-9-4-10(12)8-3-6-1-5(6)2-7(8)9/h2-3H,1,4H2. The van der Waals surface area contributed by atoms with Crippen LogP contribution in [0.1, 0.15) is 38.3 Å². The summed E-state index contributed by atoms with van der Waals surface area (Å²) in [5.41, 5.74) is 3.76. The third kappa shape index (κ3) is 0.600. The van der Waals surface area contributed by atoms with Crippen molar-refractivity contribution >= 4 is 11.6 Å². The fourth-order valence-corrected chi connectivity index (χ4v) is 1.75. The van der Waals surface area contributed by atoms with Crippen LogP contribution in [0.15, 0.2) is 12.1 Å². The van der Waals surface area contributed by atoms with Gasteiger partial charge in [-0.25, -0.2) is 0 Å². The molecule has 0 saturated carbocycles. The molecule has 0 radical (unpaired) electrons. The summed E-state index contributed by atoms with van der Waals surface area (Å²) in [4.78, 5) is 22.5.